The average molecular weight is 553 g/mol. The summed E-state index contributed by atoms with van der Waals surface area (Å²) in [4.78, 5) is 23.2. The number of nitrogens with zero attached hydrogens (tertiary/aromatic N) is 6. The molecule has 0 spiro atoms. The summed E-state index contributed by atoms with van der Waals surface area (Å²) in [5.41, 5.74) is 3.98. The molecule has 1 aliphatic carbocycles. The second-order valence-corrected chi connectivity index (χ2v) is 11.1. The lowest BCUT2D eigenvalue weighted by atomic mass is 9.84. The number of rotatable bonds is 7. The van der Waals surface area contributed by atoms with E-state index in [1.54, 1.807) is 23.0 Å². The molecule has 0 bridgehead atoms. The van der Waals surface area contributed by atoms with Crippen LogP contribution in [0.3, 0.4) is 0 Å². The highest BCUT2D eigenvalue weighted by Crippen LogP contribution is 2.37. The van der Waals surface area contributed by atoms with Gasteiger partial charge in [-0.3, -0.25) is 9.69 Å². The first-order chi connectivity index (χ1) is 18.3. The number of halogens is 2. The van der Waals surface area contributed by atoms with Crippen molar-refractivity contribution in [3.63, 3.8) is 0 Å². The van der Waals surface area contributed by atoms with Gasteiger partial charge < -0.3 is 5.11 Å². The van der Waals surface area contributed by atoms with E-state index in [0.717, 1.165) is 49.1 Å². The van der Waals surface area contributed by atoms with Crippen LogP contribution in [-0.2, 0) is 4.79 Å². The number of nitriles is 1. The highest BCUT2D eigenvalue weighted by Gasteiger charge is 2.35. The quantitative estimate of drug-likeness (QED) is 0.375. The van der Waals surface area contributed by atoms with Gasteiger partial charge in [0.15, 0.2) is 11.3 Å². The highest BCUT2D eigenvalue weighted by atomic mass is 35.5. The number of carboxylic acid groups (broad SMARTS) is 1. The maximum atomic E-state index is 11.1. The molecule has 2 aliphatic rings. The molecule has 1 aromatic carbocycles. The van der Waals surface area contributed by atoms with Crippen molar-refractivity contribution in [3.05, 3.63) is 57.5 Å². The van der Waals surface area contributed by atoms with Gasteiger partial charge in [0, 0.05) is 28.5 Å². The molecule has 1 aliphatic heterocycles. The Morgan fingerprint density at radius 3 is 2.84 bits per heavy atom. The Morgan fingerprint density at radius 1 is 1.32 bits per heavy atom. The van der Waals surface area contributed by atoms with Crippen molar-refractivity contribution in [1.29, 1.82) is 5.26 Å². The molecule has 1 saturated heterocycles. The minimum Gasteiger partial charge on any atom is -0.481 e. The Kier molecular flexibility index (Phi) is 7.71. The molecule has 0 saturated carbocycles. The fraction of sp³-hybridized carbons (Fsp3) is 0.464. The Morgan fingerprint density at radius 2 is 2.13 bits per heavy atom. The van der Waals surface area contributed by atoms with Crippen molar-refractivity contribution >= 4 is 45.9 Å². The SMILES string of the molecule is CC1C=C(c2cnc3c(C#N)nn([C@H](C)c4ccc(Cl)cc4Cl)c3n2)CCC1N1CCCC1CCC(=O)O. The maximum Gasteiger partial charge on any atom is 0.303 e. The Hall–Kier alpha value is -2.99. The molecule has 198 valence electrons. The Labute approximate surface area is 231 Å². The molecule has 3 heterocycles. The van der Waals surface area contributed by atoms with Gasteiger partial charge in [-0.05, 0) is 74.8 Å². The predicted molar refractivity (Wildman–Crippen MR) is 147 cm³/mol. The molecule has 1 N–H and O–H groups in total. The second kappa shape index (κ2) is 11.0. The Balaban J connectivity index is 1.44. The number of aromatic nitrogens is 4. The summed E-state index contributed by atoms with van der Waals surface area (Å²) < 4.78 is 1.71. The predicted octanol–water partition coefficient (Wildman–Crippen LogP) is 6.13. The molecule has 4 atom stereocenters. The molecule has 1 fully saturated rings. The van der Waals surface area contributed by atoms with Crippen molar-refractivity contribution in [2.24, 2.45) is 5.92 Å². The molecule has 0 radical (unpaired) electrons. The van der Waals surface area contributed by atoms with E-state index in [9.17, 15) is 10.1 Å². The van der Waals surface area contributed by atoms with E-state index < -0.39 is 5.97 Å². The van der Waals surface area contributed by atoms with Crippen LogP contribution in [0.15, 0.2) is 30.5 Å². The van der Waals surface area contributed by atoms with E-state index in [0.29, 0.717) is 45.6 Å². The number of aliphatic carboxylic acids is 1. The zero-order valence-corrected chi connectivity index (χ0v) is 23.0. The van der Waals surface area contributed by atoms with Gasteiger partial charge in [0.25, 0.3) is 0 Å². The Bertz CT molecular complexity index is 1450. The molecule has 38 heavy (non-hydrogen) atoms. The third-order valence-corrected chi connectivity index (χ3v) is 8.50. The van der Waals surface area contributed by atoms with Gasteiger partial charge in [-0.25, -0.2) is 14.6 Å². The van der Waals surface area contributed by atoms with Crippen LogP contribution in [0.5, 0.6) is 0 Å². The third-order valence-electron chi connectivity index (χ3n) is 7.94. The zero-order chi connectivity index (χ0) is 27.0. The van der Waals surface area contributed by atoms with Crippen molar-refractivity contribution in [2.45, 2.75) is 70.5 Å². The van der Waals surface area contributed by atoms with Gasteiger partial charge in [0.1, 0.15) is 11.6 Å². The second-order valence-electron chi connectivity index (χ2n) is 10.3. The summed E-state index contributed by atoms with van der Waals surface area (Å²) in [6.45, 7) is 5.21. The molecular formula is C28H30Cl2N6O2. The fourth-order valence-electron chi connectivity index (χ4n) is 6.03. The van der Waals surface area contributed by atoms with Crippen LogP contribution in [0.1, 0.15) is 75.4 Å². The fourth-order valence-corrected chi connectivity index (χ4v) is 6.60. The van der Waals surface area contributed by atoms with Gasteiger partial charge in [0.2, 0.25) is 0 Å². The largest absolute Gasteiger partial charge is 0.481 e. The highest BCUT2D eigenvalue weighted by molar-refractivity contribution is 6.35. The van der Waals surface area contributed by atoms with Crippen LogP contribution in [0.4, 0.5) is 0 Å². The number of hydrogen-bond acceptors (Lipinski definition) is 6. The molecule has 3 unspecified atom stereocenters. The molecule has 8 nitrogen and oxygen atoms in total. The molecule has 10 heteroatoms. The van der Waals surface area contributed by atoms with E-state index in [1.165, 1.54) is 0 Å². The standard InChI is InChI=1S/C28H30Cl2N6O2/c1-16-12-18(5-9-25(16)35-11-3-4-20(35)7-10-26(37)38)24-15-32-27-23(14-31)34-36(28(27)33-24)17(2)21-8-6-19(29)13-22(21)30/h6,8,12-13,15-17,20,25H,3-5,7,9-11H2,1-2H3,(H,37,38)/t16?,17-,20?,25?/m1/s1. The minimum atomic E-state index is -0.726. The lowest BCUT2D eigenvalue weighted by molar-refractivity contribution is -0.137. The topological polar surface area (TPSA) is 108 Å². The van der Waals surface area contributed by atoms with Crippen molar-refractivity contribution in [3.8, 4) is 6.07 Å². The first-order valence-corrected chi connectivity index (χ1v) is 13.8. The van der Waals surface area contributed by atoms with Crippen LogP contribution < -0.4 is 0 Å². The van der Waals surface area contributed by atoms with Gasteiger partial charge in [-0.1, -0.05) is 42.3 Å². The first-order valence-electron chi connectivity index (χ1n) is 13.1. The molecule has 5 rings (SSSR count). The van der Waals surface area contributed by atoms with Gasteiger partial charge in [-0.2, -0.15) is 10.4 Å². The molecule has 2 aromatic heterocycles. The zero-order valence-electron chi connectivity index (χ0n) is 21.4. The summed E-state index contributed by atoms with van der Waals surface area (Å²) in [6, 6.07) is 7.92. The summed E-state index contributed by atoms with van der Waals surface area (Å²) in [5.74, 6) is -0.427. The number of allylic oxidation sites excluding steroid dienone is 1. The normalized spacial score (nSPS) is 22.8. The van der Waals surface area contributed by atoms with Gasteiger partial charge >= 0.3 is 5.97 Å². The summed E-state index contributed by atoms with van der Waals surface area (Å²) in [7, 11) is 0. The summed E-state index contributed by atoms with van der Waals surface area (Å²) in [5, 5.41) is 24.4. The average Bonchev–Trinajstić information content (AvgIpc) is 3.51. The van der Waals surface area contributed by atoms with Crippen molar-refractivity contribution in [1.82, 2.24) is 24.6 Å². The smallest absolute Gasteiger partial charge is 0.303 e. The van der Waals surface area contributed by atoms with E-state index in [2.05, 4.69) is 34.1 Å². The number of carboxylic acids is 1. The molecule has 3 aromatic rings. The van der Waals surface area contributed by atoms with Crippen molar-refractivity contribution < 1.29 is 9.90 Å². The van der Waals surface area contributed by atoms with Crippen LogP contribution in [0.2, 0.25) is 10.0 Å². The van der Waals surface area contributed by atoms with Gasteiger partial charge in [-0.15, -0.1) is 0 Å². The summed E-state index contributed by atoms with van der Waals surface area (Å²) >= 11 is 12.6. The van der Waals surface area contributed by atoms with Crippen molar-refractivity contribution in [2.75, 3.05) is 6.54 Å². The monoisotopic (exact) mass is 552 g/mol. The van der Waals surface area contributed by atoms with Crippen LogP contribution in [0, 0.1) is 17.2 Å². The van der Waals surface area contributed by atoms with E-state index in [4.69, 9.17) is 33.3 Å². The first kappa shape index (κ1) is 26.6. The number of fused-ring (bicyclic) bond motifs is 1. The third kappa shape index (κ3) is 5.15. The molecular weight excluding hydrogens is 523 g/mol. The number of carbonyl (C=O) groups is 1. The maximum absolute atomic E-state index is 11.1. The number of benzene rings is 1. The van der Waals surface area contributed by atoms with E-state index >= 15 is 0 Å². The lowest BCUT2D eigenvalue weighted by Gasteiger charge is -2.38. The van der Waals surface area contributed by atoms with Crippen LogP contribution in [-0.4, -0.2) is 54.4 Å². The lowest BCUT2D eigenvalue weighted by Crippen LogP contribution is -2.43. The van der Waals surface area contributed by atoms with E-state index in [1.807, 2.05) is 13.0 Å². The minimum absolute atomic E-state index is 0.219. The number of likely N-dealkylation sites (tertiary alicyclic amines) is 1. The van der Waals surface area contributed by atoms with Crippen LogP contribution in [0.25, 0.3) is 16.7 Å². The van der Waals surface area contributed by atoms with Crippen LogP contribution >= 0.6 is 23.2 Å². The van der Waals surface area contributed by atoms with Gasteiger partial charge in [0.05, 0.1) is 17.9 Å². The molecule has 0 amide bonds. The van der Waals surface area contributed by atoms with E-state index in [-0.39, 0.29) is 18.2 Å². The summed E-state index contributed by atoms with van der Waals surface area (Å²) in [6.07, 6.45) is 8.96. The number of hydrogen-bond donors (Lipinski definition) is 1.